The summed E-state index contributed by atoms with van der Waals surface area (Å²) in [6, 6.07) is 10.8. The molecule has 0 N–H and O–H groups in total. The molecule has 0 heterocycles. The molecule has 0 atom stereocenters. The summed E-state index contributed by atoms with van der Waals surface area (Å²) in [5.41, 5.74) is 1.29. The van der Waals surface area contributed by atoms with E-state index in [-0.39, 0.29) is 34.1 Å². The Balaban J connectivity index is 0. The van der Waals surface area contributed by atoms with E-state index in [0.717, 1.165) is 0 Å². The third-order valence-electron chi connectivity index (χ3n) is 0.885. The SMILES string of the molecule is Cc1cc[c-]cc1.[Br-].[Mn+2]. The molecule has 0 saturated heterocycles. The monoisotopic (exact) mass is 225 g/mol. The first-order valence-corrected chi connectivity index (χ1v) is 2.32. The van der Waals surface area contributed by atoms with Crippen molar-refractivity contribution in [2.75, 3.05) is 0 Å². The summed E-state index contributed by atoms with van der Waals surface area (Å²) in [6.07, 6.45) is 0. The number of aryl methyl sites for hydroxylation is 1. The van der Waals surface area contributed by atoms with Gasteiger partial charge in [0.15, 0.2) is 0 Å². The molecule has 1 aromatic rings. The zero-order valence-corrected chi connectivity index (χ0v) is 7.83. The van der Waals surface area contributed by atoms with E-state index >= 15 is 0 Å². The molecule has 0 fully saturated rings. The van der Waals surface area contributed by atoms with E-state index in [1.54, 1.807) is 0 Å². The quantitative estimate of drug-likeness (QED) is 0.385. The molecule has 0 saturated carbocycles. The van der Waals surface area contributed by atoms with E-state index < -0.39 is 0 Å². The Labute approximate surface area is 76.9 Å². The minimum atomic E-state index is 0. The maximum Gasteiger partial charge on any atom is 2.00 e. The molecular weight excluding hydrogens is 219 g/mol. The Hall–Kier alpha value is 0.219. The van der Waals surface area contributed by atoms with Gasteiger partial charge in [-0.3, -0.25) is 0 Å². The third kappa shape index (κ3) is 4.71. The van der Waals surface area contributed by atoms with Gasteiger partial charge < -0.3 is 17.0 Å². The van der Waals surface area contributed by atoms with Gasteiger partial charge in [-0.15, -0.1) is 0 Å². The molecule has 0 bridgehead atoms. The van der Waals surface area contributed by atoms with E-state index in [9.17, 15) is 0 Å². The van der Waals surface area contributed by atoms with Crippen LogP contribution >= 0.6 is 0 Å². The molecule has 0 aromatic heterocycles. The largest absolute Gasteiger partial charge is 2.00 e. The fourth-order valence-corrected chi connectivity index (χ4v) is 0.470. The molecule has 2 heteroatoms. The molecule has 49 valence electrons. The Morgan fingerprint density at radius 1 is 1.22 bits per heavy atom. The van der Waals surface area contributed by atoms with Crippen LogP contribution in [-0.4, -0.2) is 0 Å². The molecule has 0 aliphatic heterocycles. The maximum absolute atomic E-state index is 2.93. The average molecular weight is 226 g/mol. The summed E-state index contributed by atoms with van der Waals surface area (Å²) in [5, 5.41) is 0. The maximum atomic E-state index is 2.93. The number of hydrogen-bond donors (Lipinski definition) is 0. The second-order valence-corrected chi connectivity index (χ2v) is 1.58. The Morgan fingerprint density at radius 2 is 1.67 bits per heavy atom. The van der Waals surface area contributed by atoms with Gasteiger partial charge in [-0.25, -0.2) is 0 Å². The van der Waals surface area contributed by atoms with Crippen molar-refractivity contribution in [1.82, 2.24) is 0 Å². The molecule has 1 aromatic carbocycles. The van der Waals surface area contributed by atoms with E-state index in [2.05, 4.69) is 13.0 Å². The van der Waals surface area contributed by atoms with Gasteiger partial charge in [-0.2, -0.15) is 35.9 Å². The summed E-state index contributed by atoms with van der Waals surface area (Å²) in [6.45, 7) is 2.06. The van der Waals surface area contributed by atoms with E-state index in [1.165, 1.54) is 5.56 Å². The molecule has 0 spiro atoms. The zero-order valence-electron chi connectivity index (χ0n) is 5.07. The van der Waals surface area contributed by atoms with E-state index in [0.29, 0.717) is 0 Å². The van der Waals surface area contributed by atoms with E-state index in [1.807, 2.05) is 24.3 Å². The standard InChI is InChI=1S/C7H7.BrH.Mn/c1-7-5-3-2-4-6-7;;/h3-6H,1H3;1H;/q-1;;+2/p-1. The van der Waals surface area contributed by atoms with Crippen LogP contribution in [0.5, 0.6) is 0 Å². The average Bonchev–Trinajstić information content (AvgIpc) is 1.69. The first kappa shape index (κ1) is 12.0. The fraction of sp³-hybridized carbons (Fsp3) is 0.143. The predicted molar refractivity (Wildman–Crippen MR) is 30.0 cm³/mol. The summed E-state index contributed by atoms with van der Waals surface area (Å²) in [7, 11) is 0. The Kier molecular flexibility index (Phi) is 8.42. The first-order chi connectivity index (χ1) is 3.39. The summed E-state index contributed by atoms with van der Waals surface area (Å²) >= 11 is 0. The van der Waals surface area contributed by atoms with Crippen molar-refractivity contribution in [3.63, 3.8) is 0 Å². The van der Waals surface area contributed by atoms with Gasteiger partial charge in [0.05, 0.1) is 0 Å². The number of rotatable bonds is 0. The molecular formula is C7H7BrMn. The van der Waals surface area contributed by atoms with Crippen molar-refractivity contribution >= 4 is 0 Å². The summed E-state index contributed by atoms with van der Waals surface area (Å²) < 4.78 is 0. The van der Waals surface area contributed by atoms with Gasteiger partial charge in [-0.1, -0.05) is 6.92 Å². The van der Waals surface area contributed by atoms with Crippen LogP contribution in [0.4, 0.5) is 0 Å². The predicted octanol–water partition coefficient (Wildman–Crippen LogP) is -1.20. The van der Waals surface area contributed by atoms with Crippen LogP contribution in [0.25, 0.3) is 0 Å². The molecule has 0 unspecified atom stereocenters. The van der Waals surface area contributed by atoms with Gasteiger partial charge in [0.1, 0.15) is 0 Å². The first-order valence-electron chi connectivity index (χ1n) is 2.32. The Bertz CT molecular complexity index is 139. The molecule has 0 nitrogen and oxygen atoms in total. The second-order valence-electron chi connectivity index (χ2n) is 1.58. The molecule has 1 radical (unpaired) electrons. The number of halogens is 1. The van der Waals surface area contributed by atoms with Crippen molar-refractivity contribution in [2.45, 2.75) is 6.92 Å². The summed E-state index contributed by atoms with van der Waals surface area (Å²) in [5.74, 6) is 0. The Morgan fingerprint density at radius 3 is 1.89 bits per heavy atom. The number of hydrogen-bond acceptors (Lipinski definition) is 0. The molecule has 0 aliphatic rings. The van der Waals surface area contributed by atoms with Gasteiger partial charge in [0.25, 0.3) is 0 Å². The van der Waals surface area contributed by atoms with Crippen LogP contribution in [0.2, 0.25) is 0 Å². The molecule has 0 aliphatic carbocycles. The van der Waals surface area contributed by atoms with Crippen LogP contribution in [0.15, 0.2) is 24.3 Å². The molecule has 1 rings (SSSR count). The minimum Gasteiger partial charge on any atom is -1.00 e. The fourth-order valence-electron chi connectivity index (χ4n) is 0.470. The molecule has 9 heavy (non-hydrogen) atoms. The van der Waals surface area contributed by atoms with Crippen LogP contribution in [0, 0.1) is 13.0 Å². The topological polar surface area (TPSA) is 0 Å². The van der Waals surface area contributed by atoms with Crippen LogP contribution in [0.3, 0.4) is 0 Å². The van der Waals surface area contributed by atoms with Crippen LogP contribution in [0.1, 0.15) is 5.56 Å². The van der Waals surface area contributed by atoms with Gasteiger partial charge in [0.2, 0.25) is 0 Å². The molecule has 0 amide bonds. The third-order valence-corrected chi connectivity index (χ3v) is 0.885. The second kappa shape index (κ2) is 6.34. The minimum absolute atomic E-state index is 0. The van der Waals surface area contributed by atoms with Crippen molar-refractivity contribution in [1.29, 1.82) is 0 Å². The zero-order chi connectivity index (χ0) is 5.11. The van der Waals surface area contributed by atoms with Crippen LogP contribution < -0.4 is 17.0 Å². The van der Waals surface area contributed by atoms with Gasteiger partial charge in [-0.05, 0) is 0 Å². The number of benzene rings is 1. The normalized spacial score (nSPS) is 6.78. The van der Waals surface area contributed by atoms with Gasteiger partial charge in [0, 0.05) is 0 Å². The van der Waals surface area contributed by atoms with Crippen molar-refractivity contribution in [2.24, 2.45) is 0 Å². The van der Waals surface area contributed by atoms with E-state index in [4.69, 9.17) is 0 Å². The summed E-state index contributed by atoms with van der Waals surface area (Å²) in [4.78, 5) is 0. The van der Waals surface area contributed by atoms with Crippen molar-refractivity contribution < 1.29 is 34.1 Å². The smallest absolute Gasteiger partial charge is 1.00 e. The van der Waals surface area contributed by atoms with Crippen LogP contribution in [-0.2, 0) is 17.1 Å². The van der Waals surface area contributed by atoms with Crippen molar-refractivity contribution in [3.05, 3.63) is 35.9 Å². The van der Waals surface area contributed by atoms with Crippen molar-refractivity contribution in [3.8, 4) is 0 Å². The van der Waals surface area contributed by atoms with Gasteiger partial charge >= 0.3 is 17.1 Å².